The topological polar surface area (TPSA) is 60.2 Å². The number of aryl methyl sites for hydroxylation is 1. The first kappa shape index (κ1) is 14.0. The zero-order valence-corrected chi connectivity index (χ0v) is 11.0. The molecule has 1 N–H and O–H groups in total. The molecule has 0 saturated heterocycles. The smallest absolute Gasteiger partial charge is 0.164 e. The summed E-state index contributed by atoms with van der Waals surface area (Å²) in [6.45, 7) is 2.56. The quantitative estimate of drug-likeness (QED) is 0.856. The molecule has 0 atom stereocenters. The van der Waals surface area contributed by atoms with E-state index >= 15 is 0 Å². The molecule has 0 aliphatic rings. The molecule has 1 aromatic carbocycles. The summed E-state index contributed by atoms with van der Waals surface area (Å²) in [5.74, 6) is 5.68. The highest BCUT2D eigenvalue weighted by Crippen LogP contribution is 2.17. The van der Waals surface area contributed by atoms with Crippen molar-refractivity contribution in [2.75, 3.05) is 6.61 Å². The number of halogens is 1. The molecular weight excluding hydrogens is 261 g/mol. The Labute approximate surface area is 116 Å². The minimum atomic E-state index is -0.443. The number of aromatic nitrogens is 3. The Bertz CT molecular complexity index is 643. The Morgan fingerprint density at radius 2 is 2.25 bits per heavy atom. The molecule has 1 heterocycles. The Hall–Kier alpha value is -2.39. The number of hydrogen-bond acceptors (Lipinski definition) is 4. The van der Waals surface area contributed by atoms with E-state index in [4.69, 9.17) is 9.84 Å². The van der Waals surface area contributed by atoms with E-state index in [0.29, 0.717) is 23.7 Å². The summed E-state index contributed by atoms with van der Waals surface area (Å²) in [5, 5.41) is 12.7. The normalized spacial score (nSPS) is 9.95. The van der Waals surface area contributed by atoms with E-state index < -0.39 is 5.82 Å². The number of ether oxygens (including phenoxy) is 1. The summed E-state index contributed by atoms with van der Waals surface area (Å²) in [6.07, 6.45) is 1.45. The number of aliphatic hydroxyl groups is 1. The monoisotopic (exact) mass is 275 g/mol. The van der Waals surface area contributed by atoms with Crippen molar-refractivity contribution in [3.05, 3.63) is 41.7 Å². The zero-order valence-electron chi connectivity index (χ0n) is 11.0. The summed E-state index contributed by atoms with van der Waals surface area (Å²) in [5.41, 5.74) is 0.450. The summed E-state index contributed by atoms with van der Waals surface area (Å²) < 4.78 is 20.6. The number of hydrogen-bond donors (Lipinski definition) is 1. The Kier molecular flexibility index (Phi) is 4.69. The van der Waals surface area contributed by atoms with Crippen LogP contribution in [-0.4, -0.2) is 26.5 Å². The third-order valence-corrected chi connectivity index (χ3v) is 2.55. The number of nitrogens with zero attached hydrogens (tertiary/aromatic N) is 3. The lowest BCUT2D eigenvalue weighted by Gasteiger charge is -2.07. The van der Waals surface area contributed by atoms with Gasteiger partial charge < -0.3 is 9.84 Å². The van der Waals surface area contributed by atoms with Gasteiger partial charge in [0.1, 0.15) is 31.1 Å². The molecule has 0 spiro atoms. The van der Waals surface area contributed by atoms with E-state index in [1.165, 1.54) is 18.5 Å². The molecule has 0 bridgehead atoms. The van der Waals surface area contributed by atoms with Crippen molar-refractivity contribution in [1.29, 1.82) is 0 Å². The minimum Gasteiger partial charge on any atom is -0.485 e. The lowest BCUT2D eigenvalue weighted by Crippen LogP contribution is -2.07. The van der Waals surface area contributed by atoms with Gasteiger partial charge in [0.15, 0.2) is 5.82 Å². The molecule has 5 nitrogen and oxygen atoms in total. The first-order chi connectivity index (χ1) is 9.72. The van der Waals surface area contributed by atoms with Crippen LogP contribution in [0.2, 0.25) is 0 Å². The van der Waals surface area contributed by atoms with Crippen LogP contribution in [0, 0.1) is 17.7 Å². The van der Waals surface area contributed by atoms with Crippen LogP contribution >= 0.6 is 0 Å². The molecule has 1 aromatic heterocycles. The van der Waals surface area contributed by atoms with E-state index in [1.54, 1.807) is 10.7 Å². The minimum absolute atomic E-state index is 0.199. The van der Waals surface area contributed by atoms with Gasteiger partial charge in [-0.05, 0) is 19.1 Å². The van der Waals surface area contributed by atoms with Crippen LogP contribution in [0.25, 0.3) is 0 Å². The third-order valence-electron chi connectivity index (χ3n) is 2.55. The summed E-state index contributed by atoms with van der Waals surface area (Å²) in [7, 11) is 0. The molecule has 0 aliphatic carbocycles. The zero-order chi connectivity index (χ0) is 14.4. The van der Waals surface area contributed by atoms with Gasteiger partial charge in [-0.25, -0.2) is 14.1 Å². The van der Waals surface area contributed by atoms with E-state index in [2.05, 4.69) is 21.9 Å². The lowest BCUT2D eigenvalue weighted by molar-refractivity contribution is 0.286. The maximum absolute atomic E-state index is 13.4. The van der Waals surface area contributed by atoms with Crippen LogP contribution in [0.15, 0.2) is 24.5 Å². The summed E-state index contributed by atoms with van der Waals surface area (Å²) in [6, 6.07) is 4.17. The van der Waals surface area contributed by atoms with Crippen molar-refractivity contribution in [3.63, 3.8) is 0 Å². The second-order valence-corrected chi connectivity index (χ2v) is 3.92. The highest BCUT2D eigenvalue weighted by molar-refractivity contribution is 5.40. The Balaban J connectivity index is 2.11. The van der Waals surface area contributed by atoms with Crippen molar-refractivity contribution >= 4 is 0 Å². The molecular formula is C14H14FN3O2. The Morgan fingerprint density at radius 3 is 3.00 bits per heavy atom. The average molecular weight is 275 g/mol. The van der Waals surface area contributed by atoms with Crippen LogP contribution in [0.3, 0.4) is 0 Å². The molecule has 2 rings (SSSR count). The van der Waals surface area contributed by atoms with Crippen LogP contribution in [0.5, 0.6) is 5.75 Å². The van der Waals surface area contributed by atoms with E-state index in [-0.39, 0.29) is 13.2 Å². The molecule has 0 fully saturated rings. The van der Waals surface area contributed by atoms with Crippen LogP contribution < -0.4 is 4.74 Å². The fraction of sp³-hybridized carbons (Fsp3) is 0.286. The molecule has 0 amide bonds. The molecule has 6 heteroatoms. The van der Waals surface area contributed by atoms with Gasteiger partial charge in [0.05, 0.1) is 0 Å². The predicted molar refractivity (Wildman–Crippen MR) is 70.4 cm³/mol. The van der Waals surface area contributed by atoms with Gasteiger partial charge in [-0.3, -0.25) is 0 Å². The fourth-order valence-electron chi connectivity index (χ4n) is 1.67. The first-order valence-electron chi connectivity index (χ1n) is 6.12. The van der Waals surface area contributed by atoms with Gasteiger partial charge in [0, 0.05) is 18.2 Å². The summed E-state index contributed by atoms with van der Waals surface area (Å²) >= 11 is 0. The van der Waals surface area contributed by atoms with Crippen molar-refractivity contribution in [3.8, 4) is 17.6 Å². The predicted octanol–water partition coefficient (Wildman–Crippen LogP) is 1.36. The first-order valence-corrected chi connectivity index (χ1v) is 6.12. The highest BCUT2D eigenvalue weighted by atomic mass is 19.1. The second-order valence-electron chi connectivity index (χ2n) is 3.92. The molecule has 104 valence electrons. The van der Waals surface area contributed by atoms with Crippen molar-refractivity contribution in [1.82, 2.24) is 14.8 Å². The van der Waals surface area contributed by atoms with Gasteiger partial charge in [-0.15, -0.1) is 0 Å². The van der Waals surface area contributed by atoms with Gasteiger partial charge in [-0.2, -0.15) is 5.10 Å². The van der Waals surface area contributed by atoms with Gasteiger partial charge in [0.2, 0.25) is 0 Å². The van der Waals surface area contributed by atoms with Crippen molar-refractivity contribution in [2.45, 2.75) is 20.1 Å². The fourth-order valence-corrected chi connectivity index (χ4v) is 1.67. The van der Waals surface area contributed by atoms with E-state index in [1.807, 2.05) is 6.92 Å². The van der Waals surface area contributed by atoms with Crippen LogP contribution in [0.1, 0.15) is 18.3 Å². The molecule has 20 heavy (non-hydrogen) atoms. The standard InChI is InChI=1S/C14H14FN3O2/c1-2-18-14(16-10-17-18)9-20-13-7-11(4-3-5-19)6-12(15)8-13/h6-8,10,19H,2,5,9H2,1H3. The highest BCUT2D eigenvalue weighted by Gasteiger charge is 2.05. The Morgan fingerprint density at radius 1 is 1.40 bits per heavy atom. The number of rotatable bonds is 4. The van der Waals surface area contributed by atoms with E-state index in [0.717, 1.165) is 0 Å². The molecule has 2 aromatic rings. The largest absolute Gasteiger partial charge is 0.485 e. The number of aliphatic hydroxyl groups excluding tert-OH is 1. The lowest BCUT2D eigenvalue weighted by atomic mass is 10.2. The SMILES string of the molecule is CCn1ncnc1COc1cc(F)cc(C#CCO)c1. The van der Waals surface area contributed by atoms with Gasteiger partial charge in [0.25, 0.3) is 0 Å². The second kappa shape index (κ2) is 6.68. The maximum Gasteiger partial charge on any atom is 0.164 e. The average Bonchev–Trinajstić information content (AvgIpc) is 2.90. The van der Waals surface area contributed by atoms with Crippen molar-refractivity contribution in [2.24, 2.45) is 0 Å². The van der Waals surface area contributed by atoms with Gasteiger partial charge >= 0.3 is 0 Å². The van der Waals surface area contributed by atoms with E-state index in [9.17, 15) is 4.39 Å². The third kappa shape index (κ3) is 3.56. The molecule has 0 aliphatic heterocycles. The molecule has 0 radical (unpaired) electrons. The van der Waals surface area contributed by atoms with Gasteiger partial charge in [-0.1, -0.05) is 11.8 Å². The van der Waals surface area contributed by atoms with Crippen LogP contribution in [-0.2, 0) is 13.2 Å². The van der Waals surface area contributed by atoms with Crippen LogP contribution in [0.4, 0.5) is 4.39 Å². The molecule has 0 unspecified atom stereocenters. The number of benzene rings is 1. The van der Waals surface area contributed by atoms with Crippen molar-refractivity contribution < 1.29 is 14.2 Å². The summed E-state index contributed by atoms with van der Waals surface area (Å²) in [4.78, 5) is 4.07. The maximum atomic E-state index is 13.4. The molecule has 0 saturated carbocycles.